The number of hydrogen-bond donors (Lipinski definition) is 3. The van der Waals surface area contributed by atoms with Gasteiger partial charge in [0.05, 0.1) is 6.61 Å². The predicted octanol–water partition coefficient (Wildman–Crippen LogP) is 3.39. The standard InChI is InChI=1S/C24H33F3N6O3/c25-24(26,27)16-36-15-14-33(13-9-20(23(34)35)32-21-8-11-28-17-30-21)12-2-1-5-19-7-6-18-4-3-10-29-22(18)31-19/h6-8,11,17,20H,1-5,9-10,12-16H2,(H,29,31)(H,34,35)(H,28,30,32)/t20-/m0/s1. The van der Waals surface area contributed by atoms with Gasteiger partial charge >= 0.3 is 12.1 Å². The van der Waals surface area contributed by atoms with Gasteiger partial charge in [-0.1, -0.05) is 6.07 Å². The van der Waals surface area contributed by atoms with Crippen molar-refractivity contribution in [3.8, 4) is 0 Å². The van der Waals surface area contributed by atoms with E-state index < -0.39 is 24.8 Å². The van der Waals surface area contributed by atoms with Crippen molar-refractivity contribution >= 4 is 17.6 Å². The van der Waals surface area contributed by atoms with Gasteiger partial charge in [0, 0.05) is 31.5 Å². The fraction of sp³-hybridized carbons (Fsp3) is 0.583. The van der Waals surface area contributed by atoms with E-state index in [1.165, 1.54) is 18.1 Å². The molecule has 12 heteroatoms. The molecule has 0 radical (unpaired) electrons. The first-order valence-corrected chi connectivity index (χ1v) is 12.1. The van der Waals surface area contributed by atoms with Crippen LogP contribution in [0.3, 0.4) is 0 Å². The van der Waals surface area contributed by atoms with E-state index in [2.05, 4.69) is 26.7 Å². The van der Waals surface area contributed by atoms with Crippen LogP contribution in [0.2, 0.25) is 0 Å². The van der Waals surface area contributed by atoms with Gasteiger partial charge in [0.1, 0.15) is 30.6 Å². The molecule has 2 aromatic heterocycles. The molecule has 1 aliphatic heterocycles. The third kappa shape index (κ3) is 9.94. The maximum Gasteiger partial charge on any atom is 0.411 e. The molecule has 36 heavy (non-hydrogen) atoms. The Hall–Kier alpha value is -2.99. The summed E-state index contributed by atoms with van der Waals surface area (Å²) in [6.07, 6.45) is 3.27. The van der Waals surface area contributed by atoms with Crippen LogP contribution in [0.1, 0.15) is 36.9 Å². The molecule has 2 aromatic rings. The van der Waals surface area contributed by atoms with Gasteiger partial charge in [-0.2, -0.15) is 13.2 Å². The van der Waals surface area contributed by atoms with E-state index in [0.717, 1.165) is 50.2 Å². The van der Waals surface area contributed by atoms with E-state index in [4.69, 9.17) is 9.72 Å². The number of ether oxygens (including phenoxy) is 1. The quantitative estimate of drug-likeness (QED) is 0.310. The Kier molecular flexibility index (Phi) is 10.7. The van der Waals surface area contributed by atoms with Crippen molar-refractivity contribution in [1.82, 2.24) is 19.9 Å². The highest BCUT2D eigenvalue weighted by atomic mass is 19.4. The Bertz CT molecular complexity index is 948. The van der Waals surface area contributed by atoms with Gasteiger partial charge in [-0.05, 0) is 62.8 Å². The number of carbonyl (C=O) groups is 1. The summed E-state index contributed by atoms with van der Waals surface area (Å²) in [4.78, 5) is 26.2. The molecule has 9 nitrogen and oxygen atoms in total. The molecule has 3 N–H and O–H groups in total. The third-order valence-corrected chi connectivity index (χ3v) is 5.86. The van der Waals surface area contributed by atoms with Crippen molar-refractivity contribution in [1.29, 1.82) is 0 Å². The average Bonchev–Trinajstić information content (AvgIpc) is 2.86. The highest BCUT2D eigenvalue weighted by molar-refractivity contribution is 5.76. The topological polar surface area (TPSA) is 112 Å². The summed E-state index contributed by atoms with van der Waals surface area (Å²) in [6.45, 7) is 0.805. The van der Waals surface area contributed by atoms with E-state index in [9.17, 15) is 23.1 Å². The van der Waals surface area contributed by atoms with Gasteiger partial charge in [0.2, 0.25) is 0 Å². The second kappa shape index (κ2) is 13.9. The van der Waals surface area contributed by atoms with Crippen molar-refractivity contribution in [2.75, 3.05) is 50.0 Å². The number of carboxylic acids is 1. The Balaban J connectivity index is 1.49. The van der Waals surface area contributed by atoms with Crippen molar-refractivity contribution in [2.24, 2.45) is 0 Å². The van der Waals surface area contributed by atoms with Crippen LogP contribution in [-0.4, -0.2) is 82.5 Å². The fourth-order valence-electron chi connectivity index (χ4n) is 3.99. The number of unbranched alkanes of at least 4 members (excludes halogenated alkanes) is 1. The monoisotopic (exact) mass is 510 g/mol. The summed E-state index contributed by atoms with van der Waals surface area (Å²) in [5.41, 5.74) is 2.24. The molecule has 0 saturated heterocycles. The van der Waals surface area contributed by atoms with Crippen molar-refractivity contribution < 1.29 is 27.8 Å². The second-order valence-corrected chi connectivity index (χ2v) is 8.73. The SMILES string of the molecule is O=C(O)[C@H](CCN(CCCCc1ccc2c(n1)NCCC2)CCOCC(F)(F)F)Nc1ccncn1. The number of aromatic nitrogens is 3. The number of aliphatic carboxylic acids is 1. The van der Waals surface area contributed by atoms with Gasteiger partial charge in [0.25, 0.3) is 0 Å². The maximum absolute atomic E-state index is 12.4. The van der Waals surface area contributed by atoms with Gasteiger partial charge in [-0.3, -0.25) is 0 Å². The molecule has 3 heterocycles. The molecule has 0 unspecified atom stereocenters. The van der Waals surface area contributed by atoms with Gasteiger partial charge in [-0.15, -0.1) is 0 Å². The molecule has 0 aromatic carbocycles. The number of anilines is 2. The number of nitrogens with zero attached hydrogens (tertiary/aromatic N) is 4. The fourth-order valence-corrected chi connectivity index (χ4v) is 3.99. The summed E-state index contributed by atoms with van der Waals surface area (Å²) in [6, 6.07) is 4.84. The van der Waals surface area contributed by atoms with E-state index in [-0.39, 0.29) is 19.6 Å². The number of aryl methyl sites for hydroxylation is 2. The number of halogens is 3. The molecule has 0 fully saturated rings. The highest BCUT2D eigenvalue weighted by Gasteiger charge is 2.27. The number of nitrogens with one attached hydrogen (secondary N) is 2. The van der Waals surface area contributed by atoms with E-state index in [1.54, 1.807) is 6.07 Å². The predicted molar refractivity (Wildman–Crippen MR) is 129 cm³/mol. The van der Waals surface area contributed by atoms with Crippen molar-refractivity contribution in [3.05, 3.63) is 42.0 Å². The van der Waals surface area contributed by atoms with Crippen LogP contribution in [0.25, 0.3) is 0 Å². The van der Waals surface area contributed by atoms with E-state index in [0.29, 0.717) is 18.9 Å². The number of alkyl halides is 3. The molecule has 1 aliphatic rings. The number of rotatable bonds is 15. The minimum Gasteiger partial charge on any atom is -0.480 e. The third-order valence-electron chi connectivity index (χ3n) is 5.86. The van der Waals surface area contributed by atoms with Crippen LogP contribution in [0.15, 0.2) is 30.7 Å². The van der Waals surface area contributed by atoms with Crippen LogP contribution in [0, 0.1) is 0 Å². The smallest absolute Gasteiger partial charge is 0.411 e. The first-order valence-electron chi connectivity index (χ1n) is 12.1. The average molecular weight is 511 g/mol. The van der Waals surface area contributed by atoms with E-state index >= 15 is 0 Å². The number of pyridine rings is 1. The zero-order valence-electron chi connectivity index (χ0n) is 20.1. The minimum atomic E-state index is -4.38. The number of carboxylic acid groups (broad SMARTS) is 1. The van der Waals surface area contributed by atoms with Crippen LogP contribution in [0.4, 0.5) is 24.8 Å². The van der Waals surface area contributed by atoms with E-state index in [1.807, 2.05) is 11.0 Å². The Morgan fingerprint density at radius 2 is 2.08 bits per heavy atom. The molecule has 198 valence electrons. The van der Waals surface area contributed by atoms with Crippen molar-refractivity contribution in [2.45, 2.75) is 50.7 Å². The Labute approximate surface area is 208 Å². The molecule has 1 atom stereocenters. The zero-order valence-corrected chi connectivity index (χ0v) is 20.1. The molecular formula is C24H33F3N6O3. The molecule has 0 spiro atoms. The molecule has 0 aliphatic carbocycles. The first-order chi connectivity index (χ1) is 17.3. The van der Waals surface area contributed by atoms with Gasteiger partial charge < -0.3 is 25.4 Å². The second-order valence-electron chi connectivity index (χ2n) is 8.73. The maximum atomic E-state index is 12.4. The minimum absolute atomic E-state index is 0.0887. The molecular weight excluding hydrogens is 477 g/mol. The van der Waals surface area contributed by atoms with Crippen LogP contribution >= 0.6 is 0 Å². The number of fused-ring (bicyclic) bond motifs is 1. The van der Waals surface area contributed by atoms with Crippen LogP contribution in [-0.2, 0) is 22.4 Å². The summed E-state index contributed by atoms with van der Waals surface area (Å²) in [5.74, 6) is 0.316. The Morgan fingerprint density at radius 3 is 2.83 bits per heavy atom. The summed E-state index contributed by atoms with van der Waals surface area (Å²) in [5, 5.41) is 15.8. The molecule has 3 rings (SSSR count). The lowest BCUT2D eigenvalue weighted by Crippen LogP contribution is -2.37. The van der Waals surface area contributed by atoms with Crippen LogP contribution in [0.5, 0.6) is 0 Å². The normalized spacial score (nSPS) is 14.2. The molecule has 0 amide bonds. The summed E-state index contributed by atoms with van der Waals surface area (Å²) in [7, 11) is 0. The van der Waals surface area contributed by atoms with Crippen LogP contribution < -0.4 is 10.6 Å². The Morgan fingerprint density at radius 1 is 1.22 bits per heavy atom. The summed E-state index contributed by atoms with van der Waals surface area (Å²) < 4.78 is 42.0. The summed E-state index contributed by atoms with van der Waals surface area (Å²) >= 11 is 0. The zero-order chi connectivity index (χ0) is 25.8. The molecule has 0 bridgehead atoms. The first kappa shape index (κ1) is 27.6. The largest absolute Gasteiger partial charge is 0.480 e. The van der Waals surface area contributed by atoms with Gasteiger partial charge in [-0.25, -0.2) is 19.7 Å². The number of hydrogen-bond acceptors (Lipinski definition) is 8. The lowest BCUT2D eigenvalue weighted by molar-refractivity contribution is -0.174. The van der Waals surface area contributed by atoms with Gasteiger partial charge in [0.15, 0.2) is 0 Å². The molecule has 0 saturated carbocycles. The lowest BCUT2D eigenvalue weighted by atomic mass is 10.1. The lowest BCUT2D eigenvalue weighted by Gasteiger charge is -2.24. The van der Waals surface area contributed by atoms with Crippen molar-refractivity contribution in [3.63, 3.8) is 0 Å². The highest BCUT2D eigenvalue weighted by Crippen LogP contribution is 2.20.